The molecule has 80 valence electrons. The number of carbonyl (C=O) groups is 1. The Bertz CT molecular complexity index is 376. The zero-order valence-electron chi connectivity index (χ0n) is 9.08. The average Bonchev–Trinajstić information content (AvgIpc) is 2.17. The number of aryl methyl sites for hydroxylation is 1. The number of benzene rings is 1. The van der Waals surface area contributed by atoms with Crippen LogP contribution in [0, 0.1) is 6.92 Å². The number of rotatable bonds is 1. The maximum atomic E-state index is 11.7. The molecule has 2 rings (SSSR count). The second-order valence-electron chi connectivity index (χ2n) is 4.17. The summed E-state index contributed by atoms with van der Waals surface area (Å²) < 4.78 is 0. The van der Waals surface area contributed by atoms with Crippen molar-refractivity contribution in [3.05, 3.63) is 35.4 Å². The lowest BCUT2D eigenvalue weighted by Crippen LogP contribution is -2.52. The van der Waals surface area contributed by atoms with Gasteiger partial charge in [0.05, 0.1) is 0 Å². The third-order valence-electron chi connectivity index (χ3n) is 2.65. The van der Waals surface area contributed by atoms with Gasteiger partial charge in [-0.15, -0.1) is 0 Å². The van der Waals surface area contributed by atoms with Crippen LogP contribution in [0.4, 0.5) is 0 Å². The van der Waals surface area contributed by atoms with Crippen molar-refractivity contribution in [1.82, 2.24) is 10.6 Å². The summed E-state index contributed by atoms with van der Waals surface area (Å²) in [6, 6.07) is 8.08. The predicted molar refractivity (Wildman–Crippen MR) is 59.5 cm³/mol. The number of nitrogens with one attached hydrogen (secondary N) is 2. The molecule has 0 saturated carbocycles. The molecule has 1 aromatic rings. The molecule has 1 aliphatic rings. The average molecular weight is 204 g/mol. The van der Waals surface area contributed by atoms with E-state index in [1.165, 1.54) is 5.56 Å². The van der Waals surface area contributed by atoms with Crippen molar-refractivity contribution >= 4 is 5.91 Å². The normalized spacial score (nSPS) is 26.1. The topological polar surface area (TPSA) is 41.1 Å². The molecule has 3 heteroatoms. The van der Waals surface area contributed by atoms with Crippen LogP contribution in [0.3, 0.4) is 0 Å². The SMILES string of the molecule is Cc1cccc(C2NCC(C)NC2=O)c1. The molecule has 1 aromatic carbocycles. The van der Waals surface area contributed by atoms with Crippen LogP contribution in [0.25, 0.3) is 0 Å². The van der Waals surface area contributed by atoms with Crippen LogP contribution in [0.1, 0.15) is 24.1 Å². The van der Waals surface area contributed by atoms with E-state index in [-0.39, 0.29) is 18.0 Å². The van der Waals surface area contributed by atoms with E-state index in [4.69, 9.17) is 0 Å². The summed E-state index contributed by atoms with van der Waals surface area (Å²) in [6.45, 7) is 4.86. The van der Waals surface area contributed by atoms with Gasteiger partial charge in [-0.25, -0.2) is 0 Å². The Morgan fingerprint density at radius 2 is 2.20 bits per heavy atom. The molecule has 0 bridgehead atoms. The van der Waals surface area contributed by atoms with Crippen molar-refractivity contribution in [2.45, 2.75) is 25.9 Å². The highest BCUT2D eigenvalue weighted by molar-refractivity contribution is 5.84. The Kier molecular flexibility index (Phi) is 2.73. The van der Waals surface area contributed by atoms with Gasteiger partial charge in [-0.3, -0.25) is 4.79 Å². The Morgan fingerprint density at radius 1 is 1.40 bits per heavy atom. The van der Waals surface area contributed by atoms with Crippen molar-refractivity contribution < 1.29 is 4.79 Å². The number of carbonyl (C=O) groups excluding carboxylic acids is 1. The van der Waals surface area contributed by atoms with Gasteiger partial charge in [-0.05, 0) is 19.4 Å². The Balaban J connectivity index is 2.20. The fraction of sp³-hybridized carbons (Fsp3) is 0.417. The van der Waals surface area contributed by atoms with Crippen molar-refractivity contribution in [2.75, 3.05) is 6.54 Å². The number of piperazine rings is 1. The van der Waals surface area contributed by atoms with Crippen molar-refractivity contribution in [2.24, 2.45) is 0 Å². The molecule has 1 saturated heterocycles. The maximum absolute atomic E-state index is 11.7. The van der Waals surface area contributed by atoms with Crippen LogP contribution in [-0.2, 0) is 4.79 Å². The number of amides is 1. The van der Waals surface area contributed by atoms with Gasteiger partial charge in [0, 0.05) is 12.6 Å². The second-order valence-corrected chi connectivity index (χ2v) is 4.17. The summed E-state index contributed by atoms with van der Waals surface area (Å²) in [7, 11) is 0. The van der Waals surface area contributed by atoms with Gasteiger partial charge < -0.3 is 10.6 Å². The molecule has 1 fully saturated rings. The van der Waals surface area contributed by atoms with E-state index in [1.807, 2.05) is 38.1 Å². The highest BCUT2D eigenvalue weighted by Crippen LogP contribution is 2.16. The van der Waals surface area contributed by atoms with Crippen LogP contribution in [-0.4, -0.2) is 18.5 Å². The van der Waals surface area contributed by atoms with Crippen molar-refractivity contribution in [1.29, 1.82) is 0 Å². The molecule has 1 amide bonds. The molecule has 2 atom stereocenters. The van der Waals surface area contributed by atoms with Crippen LogP contribution in [0.15, 0.2) is 24.3 Å². The molecular formula is C12H16N2O. The smallest absolute Gasteiger partial charge is 0.241 e. The van der Waals surface area contributed by atoms with E-state index < -0.39 is 0 Å². The van der Waals surface area contributed by atoms with E-state index in [9.17, 15) is 4.79 Å². The summed E-state index contributed by atoms with van der Waals surface area (Å²) in [5.74, 6) is 0.0688. The lowest BCUT2D eigenvalue weighted by atomic mass is 10.0. The van der Waals surface area contributed by atoms with E-state index in [0.717, 1.165) is 12.1 Å². The molecule has 2 unspecified atom stereocenters. The van der Waals surface area contributed by atoms with Gasteiger partial charge in [0.1, 0.15) is 6.04 Å². The molecule has 15 heavy (non-hydrogen) atoms. The molecule has 3 nitrogen and oxygen atoms in total. The second kappa shape index (κ2) is 4.03. The summed E-state index contributed by atoms with van der Waals surface area (Å²) in [4.78, 5) is 11.7. The quantitative estimate of drug-likeness (QED) is 0.720. The molecule has 0 radical (unpaired) electrons. The third kappa shape index (κ3) is 2.18. The molecule has 0 spiro atoms. The minimum absolute atomic E-state index is 0.0688. The first-order chi connectivity index (χ1) is 7.16. The van der Waals surface area contributed by atoms with E-state index in [1.54, 1.807) is 0 Å². The predicted octanol–water partition coefficient (Wildman–Crippen LogP) is 1.14. The number of hydrogen-bond acceptors (Lipinski definition) is 2. The molecule has 1 heterocycles. The first kappa shape index (κ1) is 10.2. The first-order valence-corrected chi connectivity index (χ1v) is 5.27. The lowest BCUT2D eigenvalue weighted by Gasteiger charge is -2.28. The Hall–Kier alpha value is -1.35. The van der Waals surface area contributed by atoms with Gasteiger partial charge in [-0.2, -0.15) is 0 Å². The van der Waals surface area contributed by atoms with E-state index in [2.05, 4.69) is 10.6 Å². The largest absolute Gasteiger partial charge is 0.351 e. The lowest BCUT2D eigenvalue weighted by molar-refractivity contribution is -0.125. The minimum Gasteiger partial charge on any atom is -0.351 e. The van der Waals surface area contributed by atoms with Crippen LogP contribution in [0.2, 0.25) is 0 Å². The standard InChI is InChI=1S/C12H16N2O/c1-8-4-3-5-10(6-8)11-12(15)14-9(2)7-13-11/h3-6,9,11,13H,7H2,1-2H3,(H,14,15). The summed E-state index contributed by atoms with van der Waals surface area (Å²) in [5, 5.41) is 6.20. The molecular weight excluding hydrogens is 188 g/mol. The minimum atomic E-state index is -0.193. The van der Waals surface area contributed by atoms with Gasteiger partial charge in [0.25, 0.3) is 0 Å². The highest BCUT2D eigenvalue weighted by atomic mass is 16.2. The first-order valence-electron chi connectivity index (χ1n) is 5.27. The maximum Gasteiger partial charge on any atom is 0.241 e. The molecule has 1 aliphatic heterocycles. The van der Waals surface area contributed by atoms with Gasteiger partial charge in [0.15, 0.2) is 0 Å². The highest BCUT2D eigenvalue weighted by Gasteiger charge is 2.26. The van der Waals surface area contributed by atoms with Crippen LogP contribution in [0.5, 0.6) is 0 Å². The third-order valence-corrected chi connectivity index (χ3v) is 2.65. The summed E-state index contributed by atoms with van der Waals surface area (Å²) in [5.41, 5.74) is 2.22. The van der Waals surface area contributed by atoms with Crippen LogP contribution < -0.4 is 10.6 Å². The van der Waals surface area contributed by atoms with Crippen molar-refractivity contribution in [3.63, 3.8) is 0 Å². The van der Waals surface area contributed by atoms with E-state index in [0.29, 0.717) is 0 Å². The van der Waals surface area contributed by atoms with E-state index >= 15 is 0 Å². The number of hydrogen-bond donors (Lipinski definition) is 2. The summed E-state index contributed by atoms with van der Waals surface area (Å²) >= 11 is 0. The monoisotopic (exact) mass is 204 g/mol. The summed E-state index contributed by atoms with van der Waals surface area (Å²) in [6.07, 6.45) is 0. The fourth-order valence-corrected chi connectivity index (χ4v) is 1.88. The van der Waals surface area contributed by atoms with Gasteiger partial charge >= 0.3 is 0 Å². The fourth-order valence-electron chi connectivity index (χ4n) is 1.88. The van der Waals surface area contributed by atoms with Crippen molar-refractivity contribution in [3.8, 4) is 0 Å². The molecule has 0 aliphatic carbocycles. The van der Waals surface area contributed by atoms with Gasteiger partial charge in [0.2, 0.25) is 5.91 Å². The molecule has 0 aromatic heterocycles. The van der Waals surface area contributed by atoms with Crippen LogP contribution >= 0.6 is 0 Å². The van der Waals surface area contributed by atoms with Gasteiger partial charge in [-0.1, -0.05) is 29.8 Å². The Morgan fingerprint density at radius 3 is 2.87 bits per heavy atom. The molecule has 2 N–H and O–H groups in total. The zero-order chi connectivity index (χ0) is 10.8. The zero-order valence-corrected chi connectivity index (χ0v) is 9.08. The Labute approximate surface area is 89.9 Å².